The number of rotatable bonds is 2. The van der Waals surface area contributed by atoms with Gasteiger partial charge in [-0.15, -0.1) is 11.8 Å². The third kappa shape index (κ3) is 2.34. The monoisotopic (exact) mass is 264 g/mol. The summed E-state index contributed by atoms with van der Waals surface area (Å²) in [5.74, 6) is -0.0275. The molecule has 98 valence electrons. The predicted molar refractivity (Wildman–Crippen MR) is 80.7 cm³/mol. The van der Waals surface area contributed by atoms with Crippen LogP contribution in [0.25, 0.3) is 0 Å². The predicted octanol–water partition coefficient (Wildman–Crippen LogP) is 4.32. The van der Waals surface area contributed by atoms with Crippen LogP contribution in [0.1, 0.15) is 27.7 Å². The lowest BCUT2D eigenvalue weighted by Gasteiger charge is -2.35. The van der Waals surface area contributed by atoms with Crippen LogP contribution in [-0.2, 0) is 0 Å². The van der Waals surface area contributed by atoms with Gasteiger partial charge in [0, 0.05) is 4.90 Å². The van der Waals surface area contributed by atoms with Gasteiger partial charge < -0.3 is 0 Å². The van der Waals surface area contributed by atoms with E-state index in [1.165, 1.54) is 0 Å². The molecule has 0 atom stereocenters. The second-order valence-corrected chi connectivity index (χ2v) is 7.64. The fourth-order valence-electron chi connectivity index (χ4n) is 3.04. The van der Waals surface area contributed by atoms with E-state index in [2.05, 4.69) is 27.7 Å². The molecular formula is C15H22BFS. The van der Waals surface area contributed by atoms with E-state index >= 15 is 0 Å². The van der Waals surface area contributed by atoms with Crippen molar-refractivity contribution in [3.63, 3.8) is 0 Å². The minimum absolute atomic E-state index is 0.0275. The molecule has 0 aliphatic carbocycles. The molecule has 1 fully saturated rings. The van der Waals surface area contributed by atoms with Gasteiger partial charge in [-0.05, 0) is 34.7 Å². The second kappa shape index (κ2) is 4.59. The van der Waals surface area contributed by atoms with Gasteiger partial charge in [0.05, 0.1) is 0 Å². The Kier molecular flexibility index (Phi) is 3.57. The molecular weight excluding hydrogens is 242 g/mol. The molecule has 1 aromatic carbocycles. The van der Waals surface area contributed by atoms with Crippen molar-refractivity contribution in [3.8, 4) is 0 Å². The van der Waals surface area contributed by atoms with E-state index in [-0.39, 0.29) is 16.6 Å². The van der Waals surface area contributed by atoms with Crippen molar-refractivity contribution >= 4 is 23.9 Å². The molecule has 0 amide bonds. The summed E-state index contributed by atoms with van der Waals surface area (Å²) < 4.78 is 14.2. The zero-order chi connectivity index (χ0) is 13.6. The summed E-state index contributed by atoms with van der Waals surface area (Å²) in [6, 6.07) is 5.71. The number of benzene rings is 1. The molecule has 1 aliphatic heterocycles. The molecule has 0 bridgehead atoms. The Hall–Kier alpha value is -0.435. The van der Waals surface area contributed by atoms with E-state index in [1.54, 1.807) is 17.8 Å². The lowest BCUT2D eigenvalue weighted by molar-refractivity contribution is 0.177. The number of hydrogen-bond donors (Lipinski definition) is 0. The third-order valence-electron chi connectivity index (χ3n) is 4.99. The molecule has 0 aromatic heterocycles. The molecule has 2 rings (SSSR count). The van der Waals surface area contributed by atoms with Gasteiger partial charge >= 0.3 is 0 Å². The van der Waals surface area contributed by atoms with Gasteiger partial charge in [0.15, 0.2) is 6.71 Å². The van der Waals surface area contributed by atoms with Gasteiger partial charge in [-0.25, -0.2) is 4.39 Å². The topological polar surface area (TPSA) is 0 Å². The third-order valence-corrected chi connectivity index (χ3v) is 5.72. The van der Waals surface area contributed by atoms with E-state index in [4.69, 9.17) is 0 Å². The first-order chi connectivity index (χ1) is 8.27. The molecule has 0 unspecified atom stereocenters. The maximum Gasteiger partial charge on any atom is 0.180 e. The second-order valence-electron chi connectivity index (χ2n) is 6.76. The highest BCUT2D eigenvalue weighted by Gasteiger charge is 2.48. The minimum atomic E-state index is -0.0275. The molecule has 0 N–H and O–H groups in total. The van der Waals surface area contributed by atoms with Gasteiger partial charge in [-0.3, -0.25) is 0 Å². The van der Waals surface area contributed by atoms with Crippen LogP contribution < -0.4 is 5.46 Å². The highest BCUT2D eigenvalue weighted by molar-refractivity contribution is 7.98. The first-order valence-corrected chi connectivity index (χ1v) is 7.83. The molecule has 18 heavy (non-hydrogen) atoms. The van der Waals surface area contributed by atoms with Crippen LogP contribution in [0.15, 0.2) is 23.1 Å². The highest BCUT2D eigenvalue weighted by Crippen LogP contribution is 2.52. The molecule has 3 heteroatoms. The Morgan fingerprint density at radius 2 is 1.67 bits per heavy atom. The van der Waals surface area contributed by atoms with Gasteiger partial charge in [-0.2, -0.15) is 0 Å². The van der Waals surface area contributed by atoms with Crippen LogP contribution in [0.4, 0.5) is 4.39 Å². The van der Waals surface area contributed by atoms with Crippen LogP contribution in [0.3, 0.4) is 0 Å². The summed E-state index contributed by atoms with van der Waals surface area (Å²) in [4.78, 5) is 1.01. The average molecular weight is 264 g/mol. The number of halogens is 1. The van der Waals surface area contributed by atoms with Crippen LogP contribution in [0.2, 0.25) is 12.6 Å². The lowest BCUT2D eigenvalue weighted by Crippen LogP contribution is -2.30. The molecule has 1 saturated heterocycles. The smallest absolute Gasteiger partial charge is 0.180 e. The van der Waals surface area contributed by atoms with Gasteiger partial charge in [0.2, 0.25) is 0 Å². The zero-order valence-corrected chi connectivity index (χ0v) is 12.8. The van der Waals surface area contributed by atoms with E-state index in [9.17, 15) is 4.39 Å². The van der Waals surface area contributed by atoms with Crippen molar-refractivity contribution < 1.29 is 4.39 Å². The van der Waals surface area contributed by atoms with Crippen molar-refractivity contribution in [2.45, 2.75) is 45.2 Å². The lowest BCUT2D eigenvalue weighted by atomic mass is 9.42. The SMILES string of the molecule is CSc1ccc(B2CC(C)(C)C(C)(C)C2)c(F)c1. The fraction of sp³-hybridized carbons (Fsp3) is 0.600. The Morgan fingerprint density at radius 3 is 2.11 bits per heavy atom. The van der Waals surface area contributed by atoms with Gasteiger partial charge in [0.25, 0.3) is 0 Å². The summed E-state index contributed by atoms with van der Waals surface area (Å²) in [6.45, 7) is 9.59. The molecule has 1 heterocycles. The van der Waals surface area contributed by atoms with Crippen LogP contribution in [-0.4, -0.2) is 13.0 Å². The normalized spacial score (nSPS) is 21.3. The summed E-state index contributed by atoms with van der Waals surface area (Å²) in [7, 11) is 0. The summed E-state index contributed by atoms with van der Waals surface area (Å²) in [5, 5.41) is 0. The Bertz CT molecular complexity index is 438. The summed E-state index contributed by atoms with van der Waals surface area (Å²) in [6.07, 6.45) is 4.14. The maximum atomic E-state index is 14.2. The Balaban J connectivity index is 2.30. The largest absolute Gasteiger partial charge is 0.208 e. The number of thioether (sulfide) groups is 1. The van der Waals surface area contributed by atoms with Crippen molar-refractivity contribution in [2.24, 2.45) is 10.8 Å². The first kappa shape index (κ1) is 14.0. The minimum Gasteiger partial charge on any atom is -0.208 e. The molecule has 1 aromatic rings. The van der Waals surface area contributed by atoms with E-state index in [1.807, 2.05) is 18.4 Å². The van der Waals surface area contributed by atoms with Crippen molar-refractivity contribution in [1.29, 1.82) is 0 Å². The van der Waals surface area contributed by atoms with Crippen molar-refractivity contribution in [1.82, 2.24) is 0 Å². The van der Waals surface area contributed by atoms with Crippen LogP contribution in [0, 0.1) is 16.6 Å². The van der Waals surface area contributed by atoms with E-state index in [0.717, 1.165) is 23.0 Å². The molecule has 1 aliphatic rings. The summed E-state index contributed by atoms with van der Waals surface area (Å²) >= 11 is 1.59. The molecule has 0 saturated carbocycles. The van der Waals surface area contributed by atoms with Crippen LogP contribution in [0.5, 0.6) is 0 Å². The van der Waals surface area contributed by atoms with Gasteiger partial charge in [-0.1, -0.05) is 46.4 Å². The average Bonchev–Trinajstić information content (AvgIpc) is 2.47. The van der Waals surface area contributed by atoms with E-state index < -0.39 is 0 Å². The molecule has 0 radical (unpaired) electrons. The van der Waals surface area contributed by atoms with Gasteiger partial charge in [0.1, 0.15) is 5.82 Å². The molecule has 0 nitrogen and oxygen atoms in total. The quantitative estimate of drug-likeness (QED) is 0.566. The fourth-order valence-corrected chi connectivity index (χ4v) is 3.47. The maximum absolute atomic E-state index is 14.2. The highest BCUT2D eigenvalue weighted by atomic mass is 32.2. The van der Waals surface area contributed by atoms with Crippen molar-refractivity contribution in [3.05, 3.63) is 24.0 Å². The Morgan fingerprint density at radius 1 is 1.11 bits per heavy atom. The molecule has 0 spiro atoms. The van der Waals surface area contributed by atoms with Crippen molar-refractivity contribution in [2.75, 3.05) is 6.26 Å². The standard InChI is InChI=1S/C15H22BFS/c1-14(2)9-16(10-15(14,3)4)12-7-6-11(18-5)8-13(12)17/h6-8H,9-10H2,1-5H3. The first-order valence-electron chi connectivity index (χ1n) is 6.60. The number of hydrogen-bond acceptors (Lipinski definition) is 1. The summed E-state index contributed by atoms with van der Waals surface area (Å²) in [5.41, 5.74) is 1.47. The van der Waals surface area contributed by atoms with E-state index in [0.29, 0.717) is 6.71 Å². The van der Waals surface area contributed by atoms with Crippen LogP contribution >= 0.6 is 11.8 Å². The Labute approximate surface area is 115 Å². The zero-order valence-electron chi connectivity index (χ0n) is 12.0.